The van der Waals surface area contributed by atoms with E-state index >= 15 is 0 Å². The van der Waals surface area contributed by atoms with Crippen LogP contribution in [0.2, 0.25) is 0 Å². The molecule has 3 aromatic rings. The van der Waals surface area contributed by atoms with Crippen LogP contribution in [0.1, 0.15) is 16.1 Å². The summed E-state index contributed by atoms with van der Waals surface area (Å²) in [6.07, 6.45) is 3.70. The molecule has 11 heteroatoms. The summed E-state index contributed by atoms with van der Waals surface area (Å²) in [4.78, 5) is 17.1. The van der Waals surface area contributed by atoms with Gasteiger partial charge in [-0.1, -0.05) is 0 Å². The first-order chi connectivity index (χ1) is 14.9. The van der Waals surface area contributed by atoms with Crippen molar-refractivity contribution in [1.29, 1.82) is 0 Å². The van der Waals surface area contributed by atoms with Crippen LogP contribution in [0, 0.1) is 0 Å². The molecule has 1 saturated heterocycles. The highest BCUT2D eigenvalue weighted by molar-refractivity contribution is 9.10. The fourth-order valence-corrected chi connectivity index (χ4v) is 5.26. The van der Waals surface area contributed by atoms with E-state index in [-0.39, 0.29) is 35.8 Å². The molecule has 1 N–H and O–H groups in total. The van der Waals surface area contributed by atoms with Gasteiger partial charge in [-0.05, 0) is 46.3 Å². The van der Waals surface area contributed by atoms with Crippen molar-refractivity contribution in [3.05, 3.63) is 58.5 Å². The van der Waals surface area contributed by atoms with Crippen molar-refractivity contribution in [2.75, 3.05) is 33.4 Å². The van der Waals surface area contributed by atoms with Crippen LogP contribution in [-0.2, 0) is 21.3 Å². The zero-order valence-corrected chi connectivity index (χ0v) is 19.1. The van der Waals surface area contributed by atoms with Gasteiger partial charge in [-0.25, -0.2) is 13.4 Å². The summed E-state index contributed by atoms with van der Waals surface area (Å²) >= 11 is 3.41. The second-order valence-corrected chi connectivity index (χ2v) is 9.73. The molecule has 1 aliphatic rings. The zero-order chi connectivity index (χ0) is 22.0. The fourth-order valence-electron chi connectivity index (χ4n) is 3.32. The second kappa shape index (κ2) is 8.95. The van der Waals surface area contributed by atoms with Gasteiger partial charge in [0.15, 0.2) is 0 Å². The van der Waals surface area contributed by atoms with Gasteiger partial charge >= 0.3 is 0 Å². The van der Waals surface area contributed by atoms with Crippen LogP contribution in [0.3, 0.4) is 0 Å². The average molecular weight is 509 g/mol. The molecule has 0 bridgehead atoms. The standard InChI is InChI=1S/C20H21BrN4O5S/c1-29-17-4-2-14(10-18(17)31(27,28)25-6-8-30-9-7-25)20(26)22-11-16-13-24-12-15(21)3-5-19(24)23-16/h2-5,10,12-13H,6-9,11H2,1H3,(H,22,26). The second-order valence-electron chi connectivity index (χ2n) is 6.91. The van der Waals surface area contributed by atoms with Gasteiger partial charge in [0.2, 0.25) is 10.0 Å². The van der Waals surface area contributed by atoms with Crippen LogP contribution in [0.25, 0.3) is 5.65 Å². The smallest absolute Gasteiger partial charge is 0.251 e. The van der Waals surface area contributed by atoms with Crippen LogP contribution < -0.4 is 10.1 Å². The third kappa shape index (κ3) is 4.59. The maximum absolute atomic E-state index is 13.1. The van der Waals surface area contributed by atoms with E-state index < -0.39 is 15.9 Å². The summed E-state index contributed by atoms with van der Waals surface area (Å²) in [6, 6.07) is 8.12. The number of amides is 1. The van der Waals surface area contributed by atoms with Crippen LogP contribution in [0.5, 0.6) is 5.75 Å². The maximum Gasteiger partial charge on any atom is 0.251 e. The van der Waals surface area contributed by atoms with Gasteiger partial charge in [-0.15, -0.1) is 0 Å². The molecule has 164 valence electrons. The number of pyridine rings is 1. The number of hydrogen-bond acceptors (Lipinski definition) is 6. The number of methoxy groups -OCH3 is 1. The van der Waals surface area contributed by atoms with Crippen molar-refractivity contribution >= 4 is 37.5 Å². The molecule has 0 unspecified atom stereocenters. The monoisotopic (exact) mass is 508 g/mol. The molecule has 9 nitrogen and oxygen atoms in total. The number of nitrogens with one attached hydrogen (secondary N) is 1. The van der Waals surface area contributed by atoms with Crippen molar-refractivity contribution in [2.24, 2.45) is 0 Å². The molecule has 1 amide bonds. The molecule has 0 radical (unpaired) electrons. The minimum atomic E-state index is -3.82. The number of carbonyl (C=O) groups is 1. The van der Waals surface area contributed by atoms with Crippen molar-refractivity contribution in [1.82, 2.24) is 19.0 Å². The lowest BCUT2D eigenvalue weighted by molar-refractivity contribution is 0.0729. The minimum absolute atomic E-state index is 0.0397. The van der Waals surface area contributed by atoms with E-state index in [0.717, 1.165) is 10.1 Å². The fraction of sp³-hybridized carbons (Fsp3) is 0.300. The highest BCUT2D eigenvalue weighted by Gasteiger charge is 2.30. The first kappa shape index (κ1) is 21.8. The van der Waals surface area contributed by atoms with Crippen molar-refractivity contribution in [3.8, 4) is 5.75 Å². The van der Waals surface area contributed by atoms with E-state index in [9.17, 15) is 13.2 Å². The number of benzene rings is 1. The number of hydrogen-bond donors (Lipinski definition) is 1. The summed E-state index contributed by atoms with van der Waals surface area (Å²) in [5.74, 6) is -0.215. The SMILES string of the molecule is COc1ccc(C(=O)NCc2cn3cc(Br)ccc3n2)cc1S(=O)(=O)N1CCOCC1. The van der Waals surface area contributed by atoms with Gasteiger partial charge in [-0.2, -0.15) is 4.31 Å². The van der Waals surface area contributed by atoms with Crippen LogP contribution in [-0.4, -0.2) is 61.4 Å². The van der Waals surface area contributed by atoms with Gasteiger partial charge in [0.05, 0.1) is 32.6 Å². The lowest BCUT2D eigenvalue weighted by Crippen LogP contribution is -2.40. The van der Waals surface area contributed by atoms with E-state index in [1.807, 2.05) is 28.9 Å². The Bertz CT molecular complexity index is 1220. The number of fused-ring (bicyclic) bond motifs is 1. The number of sulfonamides is 1. The zero-order valence-electron chi connectivity index (χ0n) is 16.7. The summed E-state index contributed by atoms with van der Waals surface area (Å²) in [5.41, 5.74) is 1.66. The van der Waals surface area contributed by atoms with Crippen molar-refractivity contribution in [3.63, 3.8) is 0 Å². The molecule has 0 atom stereocenters. The Morgan fingerprint density at radius 3 is 2.74 bits per heavy atom. The molecular weight excluding hydrogens is 488 g/mol. The lowest BCUT2D eigenvalue weighted by Gasteiger charge is -2.26. The quantitative estimate of drug-likeness (QED) is 0.546. The molecule has 2 aromatic heterocycles. The molecule has 1 aliphatic heterocycles. The largest absolute Gasteiger partial charge is 0.495 e. The predicted octanol–water partition coefficient (Wildman–Crippen LogP) is 2.06. The molecule has 0 saturated carbocycles. The molecule has 31 heavy (non-hydrogen) atoms. The Labute approximate surface area is 188 Å². The van der Waals surface area contributed by atoms with Crippen LogP contribution >= 0.6 is 15.9 Å². The first-order valence-corrected chi connectivity index (χ1v) is 11.8. The Morgan fingerprint density at radius 2 is 2.00 bits per heavy atom. The number of nitrogens with zero attached hydrogens (tertiary/aromatic N) is 3. The molecule has 1 aromatic carbocycles. The number of morpholine rings is 1. The van der Waals surface area contributed by atoms with Crippen LogP contribution in [0.4, 0.5) is 0 Å². The Balaban J connectivity index is 1.54. The number of rotatable bonds is 6. The minimum Gasteiger partial charge on any atom is -0.495 e. The summed E-state index contributed by atoms with van der Waals surface area (Å²) in [6.45, 7) is 1.38. The van der Waals surface area contributed by atoms with Gasteiger partial charge < -0.3 is 19.2 Å². The summed E-state index contributed by atoms with van der Waals surface area (Å²) in [5, 5.41) is 2.79. The van der Waals surface area contributed by atoms with E-state index in [1.54, 1.807) is 0 Å². The molecular formula is C20H21BrN4O5S. The Hall–Kier alpha value is -2.47. The highest BCUT2D eigenvalue weighted by Crippen LogP contribution is 2.28. The highest BCUT2D eigenvalue weighted by atomic mass is 79.9. The topological polar surface area (TPSA) is 102 Å². The van der Waals surface area contributed by atoms with E-state index in [0.29, 0.717) is 18.9 Å². The normalized spacial score (nSPS) is 15.2. The van der Waals surface area contributed by atoms with Crippen molar-refractivity contribution in [2.45, 2.75) is 11.4 Å². The first-order valence-electron chi connectivity index (χ1n) is 9.56. The number of halogens is 1. The Morgan fingerprint density at radius 1 is 1.23 bits per heavy atom. The number of carbonyl (C=O) groups excluding carboxylic acids is 1. The van der Waals surface area contributed by atoms with E-state index in [2.05, 4.69) is 26.2 Å². The van der Waals surface area contributed by atoms with E-state index in [4.69, 9.17) is 9.47 Å². The third-order valence-corrected chi connectivity index (χ3v) is 7.30. The number of aromatic nitrogens is 2. The number of ether oxygens (including phenoxy) is 2. The Kier molecular flexibility index (Phi) is 6.28. The van der Waals surface area contributed by atoms with Gasteiger partial charge in [0.25, 0.3) is 5.91 Å². The van der Waals surface area contributed by atoms with Crippen molar-refractivity contribution < 1.29 is 22.7 Å². The third-order valence-electron chi connectivity index (χ3n) is 4.91. The van der Waals surface area contributed by atoms with Gasteiger partial charge in [0, 0.05) is 35.5 Å². The predicted molar refractivity (Wildman–Crippen MR) is 117 cm³/mol. The number of imidazole rings is 1. The molecule has 1 fully saturated rings. The summed E-state index contributed by atoms with van der Waals surface area (Å²) < 4.78 is 40.8. The van der Waals surface area contributed by atoms with Gasteiger partial charge in [0.1, 0.15) is 16.3 Å². The van der Waals surface area contributed by atoms with E-state index in [1.165, 1.54) is 29.6 Å². The molecule has 0 aliphatic carbocycles. The summed E-state index contributed by atoms with van der Waals surface area (Å²) in [7, 11) is -2.42. The lowest BCUT2D eigenvalue weighted by atomic mass is 10.2. The molecule has 3 heterocycles. The van der Waals surface area contributed by atoms with Crippen LogP contribution in [0.15, 0.2) is 52.1 Å². The maximum atomic E-state index is 13.1. The molecule has 4 rings (SSSR count). The average Bonchev–Trinajstić information content (AvgIpc) is 3.19. The van der Waals surface area contributed by atoms with Gasteiger partial charge in [-0.3, -0.25) is 4.79 Å². The molecule has 0 spiro atoms.